The zero-order chi connectivity index (χ0) is 15.4. The summed E-state index contributed by atoms with van der Waals surface area (Å²) in [5.74, 6) is 0.0410. The van der Waals surface area contributed by atoms with E-state index < -0.39 is 0 Å². The number of urea groups is 1. The normalized spacial score (nSPS) is 20.0. The Labute approximate surface area is 130 Å². The van der Waals surface area contributed by atoms with Gasteiger partial charge in [0.2, 0.25) is 0 Å². The predicted octanol–water partition coefficient (Wildman–Crippen LogP) is 1.81. The molecule has 0 unspecified atom stereocenters. The van der Waals surface area contributed by atoms with Gasteiger partial charge in [-0.25, -0.2) is 4.79 Å². The van der Waals surface area contributed by atoms with Crippen LogP contribution in [0.15, 0.2) is 18.5 Å². The molecule has 6 heteroatoms. The molecule has 120 valence electrons. The van der Waals surface area contributed by atoms with Crippen LogP contribution < -0.4 is 5.32 Å². The lowest BCUT2D eigenvalue weighted by Gasteiger charge is -2.24. The standard InChI is InChI=1S/C16H24N4O2/c21-15(13-6-7-17-12-13)19-8-3-9-20(11-10-19)16(22)18-14-4-1-2-5-14/h6-7,12,14,17H,1-5,8-11H2,(H,18,22). The van der Waals surface area contributed by atoms with Crippen molar-refractivity contribution < 1.29 is 9.59 Å². The van der Waals surface area contributed by atoms with Crippen LogP contribution in [0.1, 0.15) is 42.5 Å². The molecule has 3 amide bonds. The van der Waals surface area contributed by atoms with Crippen LogP contribution >= 0.6 is 0 Å². The molecule has 0 aromatic carbocycles. The number of carbonyl (C=O) groups excluding carboxylic acids is 2. The molecule has 3 rings (SSSR count). The molecule has 2 heterocycles. The van der Waals surface area contributed by atoms with E-state index in [2.05, 4.69) is 10.3 Å². The minimum absolute atomic E-state index is 0.0304. The Hall–Kier alpha value is -1.98. The van der Waals surface area contributed by atoms with E-state index in [0.717, 1.165) is 25.8 Å². The largest absolute Gasteiger partial charge is 0.367 e. The van der Waals surface area contributed by atoms with Crippen molar-refractivity contribution in [1.29, 1.82) is 0 Å². The Morgan fingerprint density at radius 3 is 2.50 bits per heavy atom. The minimum Gasteiger partial charge on any atom is -0.367 e. The molecule has 1 saturated carbocycles. The fourth-order valence-electron chi connectivity index (χ4n) is 3.30. The fraction of sp³-hybridized carbons (Fsp3) is 0.625. The first kappa shape index (κ1) is 14.9. The topological polar surface area (TPSA) is 68.4 Å². The Kier molecular flexibility index (Phi) is 4.65. The third kappa shape index (κ3) is 3.43. The van der Waals surface area contributed by atoms with Crippen molar-refractivity contribution in [2.75, 3.05) is 26.2 Å². The van der Waals surface area contributed by atoms with Crippen LogP contribution in [0.3, 0.4) is 0 Å². The summed E-state index contributed by atoms with van der Waals surface area (Å²) in [6.45, 7) is 2.63. The molecule has 1 aliphatic heterocycles. The number of H-pyrrole nitrogens is 1. The third-order valence-electron chi connectivity index (χ3n) is 4.60. The van der Waals surface area contributed by atoms with Gasteiger partial charge >= 0.3 is 6.03 Å². The molecule has 2 aliphatic rings. The highest BCUT2D eigenvalue weighted by Crippen LogP contribution is 2.18. The molecule has 1 aromatic heterocycles. The Morgan fingerprint density at radius 1 is 1.05 bits per heavy atom. The molecule has 6 nitrogen and oxygen atoms in total. The van der Waals surface area contributed by atoms with Gasteiger partial charge in [0.05, 0.1) is 5.56 Å². The zero-order valence-electron chi connectivity index (χ0n) is 12.9. The van der Waals surface area contributed by atoms with Crippen LogP contribution in [-0.4, -0.2) is 58.9 Å². The number of aromatic nitrogens is 1. The Balaban J connectivity index is 1.53. The van der Waals surface area contributed by atoms with Gasteiger partial charge in [0, 0.05) is 44.6 Å². The average Bonchev–Trinajstić information content (AvgIpc) is 3.16. The van der Waals surface area contributed by atoms with E-state index >= 15 is 0 Å². The zero-order valence-corrected chi connectivity index (χ0v) is 12.9. The number of rotatable bonds is 2. The van der Waals surface area contributed by atoms with Gasteiger partial charge in [0.25, 0.3) is 5.91 Å². The lowest BCUT2D eigenvalue weighted by atomic mass is 10.2. The van der Waals surface area contributed by atoms with Crippen LogP contribution in [0.2, 0.25) is 0 Å². The van der Waals surface area contributed by atoms with Gasteiger partial charge in [-0.05, 0) is 25.3 Å². The maximum atomic E-state index is 12.4. The van der Waals surface area contributed by atoms with Crippen molar-refractivity contribution in [1.82, 2.24) is 20.1 Å². The summed E-state index contributed by atoms with van der Waals surface area (Å²) in [7, 11) is 0. The third-order valence-corrected chi connectivity index (χ3v) is 4.60. The van der Waals surface area contributed by atoms with Crippen LogP contribution in [0.25, 0.3) is 0 Å². The van der Waals surface area contributed by atoms with Gasteiger partial charge in [-0.15, -0.1) is 0 Å². The van der Waals surface area contributed by atoms with E-state index in [1.165, 1.54) is 12.8 Å². The number of nitrogens with zero attached hydrogens (tertiary/aromatic N) is 2. The summed E-state index contributed by atoms with van der Waals surface area (Å²) in [6.07, 6.45) is 8.92. The number of hydrogen-bond acceptors (Lipinski definition) is 2. The number of carbonyl (C=O) groups is 2. The van der Waals surface area contributed by atoms with Crippen molar-refractivity contribution in [2.24, 2.45) is 0 Å². The molecule has 1 aromatic rings. The van der Waals surface area contributed by atoms with Gasteiger partial charge in [-0.3, -0.25) is 4.79 Å². The predicted molar refractivity (Wildman–Crippen MR) is 83.7 cm³/mol. The molecule has 2 fully saturated rings. The Bertz CT molecular complexity index is 508. The van der Waals surface area contributed by atoms with E-state index in [1.54, 1.807) is 18.5 Å². The highest BCUT2D eigenvalue weighted by molar-refractivity contribution is 5.94. The van der Waals surface area contributed by atoms with Crippen LogP contribution in [0.5, 0.6) is 0 Å². The number of hydrogen-bond donors (Lipinski definition) is 2. The molecular weight excluding hydrogens is 280 g/mol. The second-order valence-corrected chi connectivity index (χ2v) is 6.16. The molecule has 0 bridgehead atoms. The first-order valence-electron chi connectivity index (χ1n) is 8.21. The van der Waals surface area contributed by atoms with Crippen LogP contribution in [0.4, 0.5) is 4.79 Å². The van der Waals surface area contributed by atoms with Crippen molar-refractivity contribution in [3.63, 3.8) is 0 Å². The monoisotopic (exact) mass is 304 g/mol. The maximum Gasteiger partial charge on any atom is 0.317 e. The summed E-state index contributed by atoms with van der Waals surface area (Å²) < 4.78 is 0. The highest BCUT2D eigenvalue weighted by atomic mass is 16.2. The van der Waals surface area contributed by atoms with Crippen molar-refractivity contribution in [3.8, 4) is 0 Å². The summed E-state index contributed by atoms with van der Waals surface area (Å²) in [5.41, 5.74) is 0.684. The van der Waals surface area contributed by atoms with E-state index in [-0.39, 0.29) is 11.9 Å². The van der Waals surface area contributed by atoms with Crippen molar-refractivity contribution in [3.05, 3.63) is 24.0 Å². The lowest BCUT2D eigenvalue weighted by molar-refractivity contribution is 0.0762. The fourth-order valence-corrected chi connectivity index (χ4v) is 3.30. The second kappa shape index (κ2) is 6.85. The number of amides is 3. The lowest BCUT2D eigenvalue weighted by Crippen LogP contribution is -2.45. The number of nitrogens with one attached hydrogen (secondary N) is 2. The van der Waals surface area contributed by atoms with Crippen LogP contribution in [-0.2, 0) is 0 Å². The average molecular weight is 304 g/mol. The summed E-state index contributed by atoms with van der Waals surface area (Å²) >= 11 is 0. The van der Waals surface area contributed by atoms with E-state index in [1.807, 2.05) is 9.80 Å². The van der Waals surface area contributed by atoms with Gasteiger partial charge in [-0.2, -0.15) is 0 Å². The summed E-state index contributed by atoms with van der Waals surface area (Å²) in [4.78, 5) is 31.3. The van der Waals surface area contributed by atoms with Crippen molar-refractivity contribution >= 4 is 11.9 Å². The van der Waals surface area contributed by atoms with E-state index in [4.69, 9.17) is 0 Å². The molecule has 0 radical (unpaired) electrons. The maximum absolute atomic E-state index is 12.4. The summed E-state index contributed by atoms with van der Waals surface area (Å²) in [6, 6.07) is 2.16. The number of aromatic amines is 1. The smallest absolute Gasteiger partial charge is 0.317 e. The van der Waals surface area contributed by atoms with Gasteiger partial charge in [0.1, 0.15) is 0 Å². The minimum atomic E-state index is 0.0304. The molecule has 22 heavy (non-hydrogen) atoms. The van der Waals surface area contributed by atoms with Gasteiger partial charge in [-0.1, -0.05) is 12.8 Å². The van der Waals surface area contributed by atoms with Gasteiger partial charge in [0.15, 0.2) is 0 Å². The van der Waals surface area contributed by atoms with Crippen LogP contribution in [0, 0.1) is 0 Å². The summed E-state index contributed by atoms with van der Waals surface area (Å²) in [5, 5.41) is 3.13. The Morgan fingerprint density at radius 2 is 1.77 bits per heavy atom. The first-order chi connectivity index (χ1) is 10.7. The molecule has 1 saturated heterocycles. The quantitative estimate of drug-likeness (QED) is 0.875. The van der Waals surface area contributed by atoms with E-state index in [9.17, 15) is 9.59 Å². The van der Waals surface area contributed by atoms with Gasteiger partial charge < -0.3 is 20.1 Å². The molecule has 2 N–H and O–H groups in total. The molecule has 0 atom stereocenters. The van der Waals surface area contributed by atoms with E-state index in [0.29, 0.717) is 31.2 Å². The molecular formula is C16H24N4O2. The first-order valence-corrected chi connectivity index (χ1v) is 8.21. The second-order valence-electron chi connectivity index (χ2n) is 6.16. The highest BCUT2D eigenvalue weighted by Gasteiger charge is 2.25. The van der Waals surface area contributed by atoms with Crippen molar-refractivity contribution in [2.45, 2.75) is 38.1 Å². The molecule has 0 spiro atoms. The molecule has 1 aliphatic carbocycles. The SMILES string of the molecule is O=C(NC1CCCC1)N1CCCN(C(=O)c2cc[nH]c2)CC1.